The van der Waals surface area contributed by atoms with Gasteiger partial charge in [0.2, 0.25) is 11.8 Å². The second-order valence-corrected chi connectivity index (χ2v) is 15.6. The van der Waals surface area contributed by atoms with Crippen LogP contribution in [0.5, 0.6) is 0 Å². The molecule has 51 heavy (non-hydrogen) atoms. The summed E-state index contributed by atoms with van der Waals surface area (Å²) in [6, 6.07) is 7.83. The topological polar surface area (TPSA) is 157 Å². The molecule has 284 valence electrons. The van der Waals surface area contributed by atoms with E-state index in [0.717, 1.165) is 31.4 Å². The lowest BCUT2D eigenvalue weighted by Gasteiger charge is -2.39. The second-order valence-electron chi connectivity index (χ2n) is 14.6. The van der Waals surface area contributed by atoms with Crippen LogP contribution in [-0.2, 0) is 35.1 Å². The average Bonchev–Trinajstić information content (AvgIpc) is 3.59. The van der Waals surface area contributed by atoms with Crippen LogP contribution >= 0.6 is 11.8 Å². The molecule has 0 bridgehead atoms. The van der Waals surface area contributed by atoms with Gasteiger partial charge in [-0.2, -0.15) is 0 Å². The Balaban J connectivity index is 1.74. The number of piperidine rings is 1. The van der Waals surface area contributed by atoms with Crippen LogP contribution in [0.3, 0.4) is 0 Å². The number of carbonyl (C=O) groups excluding carboxylic acids is 4. The van der Waals surface area contributed by atoms with Gasteiger partial charge in [0.25, 0.3) is 5.91 Å². The van der Waals surface area contributed by atoms with Crippen molar-refractivity contribution in [2.45, 2.75) is 122 Å². The maximum Gasteiger partial charge on any atom is 0.306 e. The van der Waals surface area contributed by atoms with E-state index < -0.39 is 41.4 Å². The number of ether oxygens (including phenoxy) is 1. The first-order valence-corrected chi connectivity index (χ1v) is 19.2. The van der Waals surface area contributed by atoms with Crippen molar-refractivity contribution in [3.05, 3.63) is 47.0 Å². The molecule has 2 heterocycles. The molecule has 0 aromatic heterocycles. The summed E-state index contributed by atoms with van der Waals surface area (Å²) in [5.41, 5.74) is 1.27. The molecule has 8 atom stereocenters. The van der Waals surface area contributed by atoms with Gasteiger partial charge in [-0.15, -0.1) is 11.8 Å². The number of likely N-dealkylation sites (tertiary alicyclic amines) is 1. The fraction of sp³-hybridized carbons (Fsp3) is 0.658. The lowest BCUT2D eigenvalue weighted by atomic mass is 9.92. The first-order chi connectivity index (χ1) is 24.1. The molecular formula is C38H59N5O7S. The van der Waals surface area contributed by atoms with Gasteiger partial charge in [0.05, 0.1) is 12.0 Å². The summed E-state index contributed by atoms with van der Waals surface area (Å²) in [5, 5.41) is 20.1. The van der Waals surface area contributed by atoms with Gasteiger partial charge in [-0.3, -0.25) is 28.9 Å². The molecular weight excluding hydrogens is 671 g/mol. The highest BCUT2D eigenvalue weighted by molar-refractivity contribution is 8.03. The predicted molar refractivity (Wildman–Crippen MR) is 199 cm³/mol. The molecule has 3 amide bonds. The van der Waals surface area contributed by atoms with E-state index in [2.05, 4.69) is 20.9 Å². The number of carboxylic acid groups (broad SMARTS) is 1. The zero-order valence-electron chi connectivity index (χ0n) is 31.5. The number of aliphatic carboxylic acids is 1. The van der Waals surface area contributed by atoms with Crippen LogP contribution in [0.1, 0.15) is 85.6 Å². The number of hydrogen-bond donors (Lipinski definition) is 4. The van der Waals surface area contributed by atoms with Crippen molar-refractivity contribution in [2.24, 2.45) is 17.8 Å². The Morgan fingerprint density at radius 2 is 1.75 bits per heavy atom. The number of thioether (sulfide) groups is 1. The Morgan fingerprint density at radius 3 is 2.33 bits per heavy atom. The minimum atomic E-state index is -0.932. The summed E-state index contributed by atoms with van der Waals surface area (Å²) in [6.45, 7) is 11.8. The predicted octanol–water partition coefficient (Wildman–Crippen LogP) is 4.15. The first-order valence-electron chi connectivity index (χ1n) is 18.3. The molecule has 2 aliphatic rings. The Hall–Kier alpha value is -3.58. The molecule has 4 N–H and O–H groups in total. The fourth-order valence-electron chi connectivity index (χ4n) is 6.83. The number of esters is 1. The van der Waals surface area contributed by atoms with Crippen LogP contribution in [0.2, 0.25) is 0 Å². The highest BCUT2D eigenvalue weighted by atomic mass is 32.2. The summed E-state index contributed by atoms with van der Waals surface area (Å²) in [4.78, 5) is 68.8. The van der Waals surface area contributed by atoms with Gasteiger partial charge in [-0.1, -0.05) is 77.8 Å². The van der Waals surface area contributed by atoms with E-state index in [0.29, 0.717) is 25.0 Å². The third kappa shape index (κ3) is 12.3. The van der Waals surface area contributed by atoms with Crippen molar-refractivity contribution in [3.8, 4) is 0 Å². The van der Waals surface area contributed by atoms with Crippen LogP contribution < -0.4 is 16.0 Å². The number of rotatable bonds is 18. The maximum atomic E-state index is 14.2. The third-order valence-corrected chi connectivity index (χ3v) is 11.3. The van der Waals surface area contributed by atoms with Gasteiger partial charge >= 0.3 is 11.9 Å². The molecule has 12 nitrogen and oxygen atoms in total. The third-order valence-electron chi connectivity index (χ3n) is 10.2. The maximum absolute atomic E-state index is 14.2. The normalized spacial score (nSPS) is 21.2. The lowest BCUT2D eigenvalue weighted by Crippen LogP contribution is -2.58. The smallest absolute Gasteiger partial charge is 0.306 e. The van der Waals surface area contributed by atoms with E-state index in [4.69, 9.17) is 4.74 Å². The number of nitrogens with one attached hydrogen (secondary N) is 3. The molecule has 1 unspecified atom stereocenters. The van der Waals surface area contributed by atoms with Gasteiger partial charge in [0, 0.05) is 37.9 Å². The molecule has 0 radical (unpaired) electrons. The molecule has 2 aliphatic heterocycles. The highest BCUT2D eigenvalue weighted by Gasteiger charge is 2.39. The van der Waals surface area contributed by atoms with Gasteiger partial charge in [0.1, 0.15) is 23.2 Å². The number of benzene rings is 1. The largest absolute Gasteiger partial charge is 0.481 e. The van der Waals surface area contributed by atoms with E-state index in [1.807, 2.05) is 65.1 Å². The van der Waals surface area contributed by atoms with E-state index in [-0.39, 0.29) is 48.1 Å². The SMILES string of the molecule is CC[C@H](C)[C@H](NC(=O)[C@H]1CCCCN1C)C(=O)N(C)[C@H](C[C@@H](OC(C)=O)C1NC(C(=O)N[C@@H](Cc2ccccc2)C[C@H](C)C(=O)O)=CS1)C(C)C. The van der Waals surface area contributed by atoms with Gasteiger partial charge in [-0.05, 0) is 56.7 Å². The van der Waals surface area contributed by atoms with Crippen molar-refractivity contribution in [1.82, 2.24) is 25.8 Å². The van der Waals surface area contributed by atoms with E-state index >= 15 is 0 Å². The highest BCUT2D eigenvalue weighted by Crippen LogP contribution is 2.30. The molecule has 0 spiro atoms. The van der Waals surface area contributed by atoms with E-state index in [1.165, 1.54) is 18.7 Å². The Morgan fingerprint density at radius 1 is 1.06 bits per heavy atom. The molecule has 3 rings (SSSR count). The Bertz CT molecular complexity index is 1380. The standard InChI is InChI=1S/C38H59N5O7S/c1-9-24(4)33(41-35(46)30-17-13-14-18-42(30)7)37(47)43(8)31(23(2)3)21-32(50-26(6)44)36-40-29(22-51-36)34(45)39-28(19-25(5)38(48)49)20-27-15-11-10-12-16-27/h10-12,15-16,22-25,28,30-33,36,40H,9,13-14,17-21H2,1-8H3,(H,39,45)(H,41,46)(H,48,49)/t24-,25-,28+,30+,31+,32+,33-,36?/m0/s1. The van der Waals surface area contributed by atoms with Gasteiger partial charge in [-0.25, -0.2) is 0 Å². The summed E-state index contributed by atoms with van der Waals surface area (Å²) < 4.78 is 5.83. The van der Waals surface area contributed by atoms with Crippen molar-refractivity contribution in [1.29, 1.82) is 0 Å². The zero-order chi connectivity index (χ0) is 37.8. The Kier molecular flexibility index (Phi) is 16.3. The quantitative estimate of drug-likeness (QED) is 0.162. The van der Waals surface area contributed by atoms with Crippen molar-refractivity contribution in [2.75, 3.05) is 20.6 Å². The van der Waals surface area contributed by atoms with Crippen molar-refractivity contribution >= 4 is 41.4 Å². The number of hydrogen-bond acceptors (Lipinski definition) is 9. The van der Waals surface area contributed by atoms with Crippen LogP contribution in [0.25, 0.3) is 0 Å². The summed E-state index contributed by atoms with van der Waals surface area (Å²) >= 11 is 1.32. The second kappa shape index (κ2) is 19.9. The van der Waals surface area contributed by atoms with Crippen LogP contribution in [0.4, 0.5) is 0 Å². The molecule has 1 saturated heterocycles. The number of carbonyl (C=O) groups is 5. The lowest BCUT2D eigenvalue weighted by molar-refractivity contribution is -0.149. The minimum Gasteiger partial charge on any atom is -0.481 e. The average molecular weight is 730 g/mol. The zero-order valence-corrected chi connectivity index (χ0v) is 32.3. The fourth-order valence-corrected chi connectivity index (χ4v) is 7.82. The first kappa shape index (κ1) is 41.8. The number of amides is 3. The molecule has 0 saturated carbocycles. The van der Waals surface area contributed by atoms with Crippen molar-refractivity contribution in [3.63, 3.8) is 0 Å². The van der Waals surface area contributed by atoms with Crippen LogP contribution in [0.15, 0.2) is 41.4 Å². The Labute approximate surface area is 307 Å². The monoisotopic (exact) mass is 729 g/mol. The number of carboxylic acids is 1. The van der Waals surface area contributed by atoms with Gasteiger partial charge < -0.3 is 30.7 Å². The van der Waals surface area contributed by atoms with Crippen LogP contribution in [0, 0.1) is 17.8 Å². The number of nitrogens with zero attached hydrogens (tertiary/aromatic N) is 2. The van der Waals surface area contributed by atoms with Crippen LogP contribution in [-0.4, -0.2) is 101 Å². The number of likely N-dealkylation sites (N-methyl/N-ethyl adjacent to an activating group) is 2. The summed E-state index contributed by atoms with van der Waals surface area (Å²) in [6.07, 6.45) is 3.80. The van der Waals surface area contributed by atoms with Gasteiger partial charge in [0.15, 0.2) is 0 Å². The molecule has 0 aliphatic carbocycles. The molecule has 1 fully saturated rings. The molecule has 13 heteroatoms. The summed E-state index contributed by atoms with van der Waals surface area (Å²) in [5.74, 6) is -2.90. The minimum absolute atomic E-state index is 0.0214. The molecule has 1 aromatic rings. The summed E-state index contributed by atoms with van der Waals surface area (Å²) in [7, 11) is 3.69. The van der Waals surface area contributed by atoms with E-state index in [9.17, 15) is 29.1 Å². The van der Waals surface area contributed by atoms with Crippen molar-refractivity contribution < 1.29 is 33.8 Å². The van der Waals surface area contributed by atoms with E-state index in [1.54, 1.807) is 24.3 Å². The molecule has 1 aromatic carbocycles.